The van der Waals surface area contributed by atoms with Crippen molar-refractivity contribution in [3.8, 4) is 0 Å². The number of hydrogen-bond acceptors (Lipinski definition) is 3. The lowest BCUT2D eigenvalue weighted by molar-refractivity contribution is -0.137. The van der Waals surface area contributed by atoms with Crippen molar-refractivity contribution >= 4 is 11.9 Å². The van der Waals surface area contributed by atoms with E-state index in [2.05, 4.69) is 0 Å². The summed E-state index contributed by atoms with van der Waals surface area (Å²) in [6.45, 7) is 1.71. The molecule has 5 heteroatoms. The maximum Gasteiger partial charge on any atom is 0.323 e. The molecule has 1 N–H and O–H groups in total. The summed E-state index contributed by atoms with van der Waals surface area (Å²) in [6, 6.07) is 11.2. The quantitative estimate of drug-likeness (QED) is 0.885. The monoisotopic (exact) mass is 287 g/mol. The number of furan rings is 1. The van der Waals surface area contributed by atoms with Crippen LogP contribution in [-0.4, -0.2) is 35.0 Å². The Morgan fingerprint density at radius 2 is 1.90 bits per heavy atom. The highest BCUT2D eigenvalue weighted by Gasteiger charge is 2.21. The molecule has 5 nitrogen and oxygen atoms in total. The molecule has 1 heterocycles. The van der Waals surface area contributed by atoms with E-state index in [0.29, 0.717) is 24.3 Å². The fourth-order valence-electron chi connectivity index (χ4n) is 2.10. The van der Waals surface area contributed by atoms with Gasteiger partial charge in [-0.15, -0.1) is 0 Å². The summed E-state index contributed by atoms with van der Waals surface area (Å²) < 4.78 is 5.11. The molecule has 1 aromatic carbocycles. The van der Waals surface area contributed by atoms with E-state index in [1.165, 1.54) is 11.2 Å². The van der Waals surface area contributed by atoms with Gasteiger partial charge >= 0.3 is 5.97 Å². The number of rotatable bonds is 6. The van der Waals surface area contributed by atoms with Crippen LogP contribution in [-0.2, 0) is 11.2 Å². The van der Waals surface area contributed by atoms with Gasteiger partial charge in [-0.2, -0.15) is 0 Å². The average Bonchev–Trinajstić information content (AvgIpc) is 2.89. The zero-order chi connectivity index (χ0) is 15.2. The van der Waals surface area contributed by atoms with Crippen LogP contribution in [0.1, 0.15) is 21.7 Å². The summed E-state index contributed by atoms with van der Waals surface area (Å²) in [5, 5.41) is 8.98. The maximum atomic E-state index is 12.4. The van der Waals surface area contributed by atoms with Gasteiger partial charge in [0.05, 0.1) is 11.8 Å². The van der Waals surface area contributed by atoms with Gasteiger partial charge in [-0.3, -0.25) is 9.59 Å². The second kappa shape index (κ2) is 6.74. The van der Waals surface area contributed by atoms with Gasteiger partial charge in [-0.25, -0.2) is 0 Å². The molecular weight excluding hydrogens is 270 g/mol. The van der Waals surface area contributed by atoms with Gasteiger partial charge in [0.15, 0.2) is 0 Å². The van der Waals surface area contributed by atoms with Gasteiger partial charge < -0.3 is 14.4 Å². The standard InChI is InChI=1S/C16H17NO4/c1-12-14(8-10-21-12)16(20)17(11-15(18)19)9-7-13-5-3-2-4-6-13/h2-6,8,10H,7,9,11H2,1H3,(H,18,19). The van der Waals surface area contributed by atoms with E-state index in [-0.39, 0.29) is 12.5 Å². The Morgan fingerprint density at radius 1 is 1.19 bits per heavy atom. The van der Waals surface area contributed by atoms with E-state index in [4.69, 9.17) is 9.52 Å². The second-order valence-electron chi connectivity index (χ2n) is 4.75. The van der Waals surface area contributed by atoms with E-state index in [0.717, 1.165) is 5.56 Å². The molecule has 2 rings (SSSR count). The molecule has 0 saturated heterocycles. The van der Waals surface area contributed by atoms with Crippen molar-refractivity contribution in [1.29, 1.82) is 0 Å². The first-order chi connectivity index (χ1) is 10.1. The Balaban J connectivity index is 2.09. The number of carboxylic acid groups (broad SMARTS) is 1. The summed E-state index contributed by atoms with van der Waals surface area (Å²) in [7, 11) is 0. The lowest BCUT2D eigenvalue weighted by Gasteiger charge is -2.20. The van der Waals surface area contributed by atoms with Crippen molar-refractivity contribution in [1.82, 2.24) is 4.90 Å². The van der Waals surface area contributed by atoms with Crippen LogP contribution in [0.5, 0.6) is 0 Å². The number of carbonyl (C=O) groups excluding carboxylic acids is 1. The number of carboxylic acids is 1. The molecule has 0 unspecified atom stereocenters. The predicted molar refractivity (Wildman–Crippen MR) is 77.1 cm³/mol. The van der Waals surface area contributed by atoms with Gasteiger partial charge in [0.2, 0.25) is 0 Å². The summed E-state index contributed by atoms with van der Waals surface area (Å²) in [6.07, 6.45) is 2.04. The van der Waals surface area contributed by atoms with Gasteiger partial charge in [0, 0.05) is 6.54 Å². The molecular formula is C16H17NO4. The zero-order valence-corrected chi connectivity index (χ0v) is 11.8. The Bertz CT molecular complexity index is 618. The van der Waals surface area contributed by atoms with Crippen LogP contribution in [0.25, 0.3) is 0 Å². The lowest BCUT2D eigenvalue weighted by Crippen LogP contribution is -2.37. The van der Waals surface area contributed by atoms with Gasteiger partial charge in [0.1, 0.15) is 12.3 Å². The zero-order valence-electron chi connectivity index (χ0n) is 11.8. The number of amides is 1. The Morgan fingerprint density at radius 3 is 2.48 bits per heavy atom. The molecule has 2 aromatic rings. The van der Waals surface area contributed by atoms with Crippen LogP contribution in [0.2, 0.25) is 0 Å². The average molecular weight is 287 g/mol. The third-order valence-corrected chi connectivity index (χ3v) is 3.22. The van der Waals surface area contributed by atoms with Crippen LogP contribution in [0.4, 0.5) is 0 Å². The first-order valence-corrected chi connectivity index (χ1v) is 6.67. The number of nitrogens with zero attached hydrogens (tertiary/aromatic N) is 1. The predicted octanol–water partition coefficient (Wildman–Crippen LogP) is 2.36. The molecule has 1 amide bonds. The normalized spacial score (nSPS) is 10.3. The summed E-state index contributed by atoms with van der Waals surface area (Å²) in [5.41, 5.74) is 1.47. The van der Waals surface area contributed by atoms with Gasteiger partial charge in [-0.05, 0) is 25.0 Å². The largest absolute Gasteiger partial charge is 0.480 e. The number of hydrogen-bond donors (Lipinski definition) is 1. The Hall–Kier alpha value is -2.56. The topological polar surface area (TPSA) is 70.8 Å². The molecule has 110 valence electrons. The molecule has 0 fully saturated rings. The van der Waals surface area contributed by atoms with Crippen molar-refractivity contribution in [3.05, 3.63) is 59.5 Å². The summed E-state index contributed by atoms with van der Waals surface area (Å²) in [4.78, 5) is 24.7. The molecule has 0 radical (unpaired) electrons. The molecule has 0 spiro atoms. The van der Waals surface area contributed by atoms with Crippen LogP contribution in [0, 0.1) is 6.92 Å². The van der Waals surface area contributed by atoms with Crippen molar-refractivity contribution in [3.63, 3.8) is 0 Å². The first kappa shape index (κ1) is 14.8. The molecule has 0 bridgehead atoms. The smallest absolute Gasteiger partial charge is 0.323 e. The van der Waals surface area contributed by atoms with Crippen LogP contribution in [0.3, 0.4) is 0 Å². The number of aliphatic carboxylic acids is 1. The minimum absolute atomic E-state index is 0.320. The summed E-state index contributed by atoms with van der Waals surface area (Å²) in [5.74, 6) is -0.854. The van der Waals surface area contributed by atoms with E-state index in [1.54, 1.807) is 13.0 Å². The SMILES string of the molecule is Cc1occc1C(=O)N(CCc1ccccc1)CC(=O)O. The lowest BCUT2D eigenvalue weighted by atomic mass is 10.1. The summed E-state index contributed by atoms with van der Waals surface area (Å²) >= 11 is 0. The van der Waals surface area contributed by atoms with E-state index in [9.17, 15) is 9.59 Å². The second-order valence-corrected chi connectivity index (χ2v) is 4.75. The number of aryl methyl sites for hydroxylation is 1. The highest BCUT2D eigenvalue weighted by atomic mass is 16.4. The minimum atomic E-state index is -1.03. The van der Waals surface area contributed by atoms with Crippen molar-refractivity contribution in [2.45, 2.75) is 13.3 Å². The molecule has 0 aliphatic carbocycles. The Labute approximate surface area is 122 Å². The highest BCUT2D eigenvalue weighted by Crippen LogP contribution is 2.13. The molecule has 0 atom stereocenters. The van der Waals surface area contributed by atoms with Crippen molar-refractivity contribution < 1.29 is 19.1 Å². The third-order valence-electron chi connectivity index (χ3n) is 3.22. The fourth-order valence-corrected chi connectivity index (χ4v) is 2.10. The third kappa shape index (κ3) is 3.95. The highest BCUT2D eigenvalue weighted by molar-refractivity contribution is 5.96. The molecule has 0 aliphatic rings. The van der Waals surface area contributed by atoms with E-state index < -0.39 is 5.97 Å². The van der Waals surface area contributed by atoms with E-state index in [1.807, 2.05) is 30.3 Å². The van der Waals surface area contributed by atoms with Gasteiger partial charge in [0.25, 0.3) is 5.91 Å². The van der Waals surface area contributed by atoms with Gasteiger partial charge in [-0.1, -0.05) is 30.3 Å². The van der Waals surface area contributed by atoms with Crippen LogP contribution >= 0.6 is 0 Å². The molecule has 21 heavy (non-hydrogen) atoms. The van der Waals surface area contributed by atoms with Crippen LogP contribution in [0.15, 0.2) is 47.1 Å². The number of carbonyl (C=O) groups is 2. The molecule has 0 saturated carbocycles. The van der Waals surface area contributed by atoms with Crippen molar-refractivity contribution in [2.75, 3.05) is 13.1 Å². The number of benzene rings is 1. The first-order valence-electron chi connectivity index (χ1n) is 6.67. The molecule has 0 aliphatic heterocycles. The van der Waals surface area contributed by atoms with Crippen LogP contribution < -0.4 is 0 Å². The fraction of sp³-hybridized carbons (Fsp3) is 0.250. The Kier molecular flexibility index (Phi) is 4.77. The van der Waals surface area contributed by atoms with E-state index >= 15 is 0 Å². The van der Waals surface area contributed by atoms with Crippen molar-refractivity contribution in [2.24, 2.45) is 0 Å². The molecule has 1 aromatic heterocycles. The maximum absolute atomic E-state index is 12.4. The minimum Gasteiger partial charge on any atom is -0.480 e.